The molecule has 5 nitrogen and oxygen atoms in total. The number of rotatable bonds is 7. The van der Waals surface area contributed by atoms with Crippen molar-refractivity contribution in [3.05, 3.63) is 35.4 Å². The second-order valence-electron chi connectivity index (χ2n) is 6.13. The first kappa shape index (κ1) is 16.6. The van der Waals surface area contributed by atoms with Crippen LogP contribution in [0.2, 0.25) is 0 Å². The molecule has 1 aliphatic heterocycles. The number of ether oxygens (including phenoxy) is 2. The summed E-state index contributed by atoms with van der Waals surface area (Å²) >= 11 is 0. The third-order valence-corrected chi connectivity index (χ3v) is 4.31. The molecule has 0 fully saturated rings. The van der Waals surface area contributed by atoms with Crippen LogP contribution < -0.4 is 9.47 Å². The van der Waals surface area contributed by atoms with Gasteiger partial charge in [-0.3, -0.25) is 14.5 Å². The van der Waals surface area contributed by atoms with Gasteiger partial charge in [0.1, 0.15) is 11.5 Å². The fraction of sp³-hybridized carbons (Fsp3) is 0.474. The molecule has 0 unspecified atom stereocenters. The average Bonchev–Trinajstić information content (AvgIpc) is 3.13. The Bertz CT molecular complexity index is 662. The summed E-state index contributed by atoms with van der Waals surface area (Å²) in [4.78, 5) is 25.5. The van der Waals surface area contributed by atoms with E-state index in [1.54, 1.807) is 0 Å². The zero-order valence-electron chi connectivity index (χ0n) is 14.2. The number of carbonyl (C=O) groups is 2. The van der Waals surface area contributed by atoms with Crippen molar-refractivity contribution < 1.29 is 19.1 Å². The van der Waals surface area contributed by atoms with Gasteiger partial charge in [0.2, 0.25) is 0 Å². The molecule has 1 aromatic rings. The molecule has 0 aromatic heterocycles. The third kappa shape index (κ3) is 3.03. The lowest BCUT2D eigenvalue weighted by molar-refractivity contribution is -0.139. The van der Waals surface area contributed by atoms with Crippen LogP contribution in [0, 0.1) is 0 Å². The van der Waals surface area contributed by atoms with Crippen molar-refractivity contribution in [3.8, 4) is 11.5 Å². The Morgan fingerprint density at radius 1 is 1.04 bits per heavy atom. The van der Waals surface area contributed by atoms with Gasteiger partial charge in [0, 0.05) is 23.8 Å². The van der Waals surface area contributed by atoms with Gasteiger partial charge in [-0.2, -0.15) is 0 Å². The van der Waals surface area contributed by atoms with Gasteiger partial charge in [-0.15, -0.1) is 0 Å². The van der Waals surface area contributed by atoms with E-state index in [9.17, 15) is 9.59 Å². The van der Waals surface area contributed by atoms with Gasteiger partial charge in [-0.25, -0.2) is 0 Å². The summed E-state index contributed by atoms with van der Waals surface area (Å²) in [5, 5.41) is 0. The topological polar surface area (TPSA) is 55.8 Å². The number of imide groups is 1. The number of aryl methyl sites for hydroxylation is 1. The first-order chi connectivity index (χ1) is 11.7. The molecule has 5 heteroatoms. The van der Waals surface area contributed by atoms with Crippen molar-refractivity contribution in [1.82, 2.24) is 4.90 Å². The van der Waals surface area contributed by atoms with Crippen LogP contribution in [-0.4, -0.2) is 29.9 Å². The first-order valence-corrected chi connectivity index (χ1v) is 8.63. The van der Waals surface area contributed by atoms with E-state index in [-0.39, 0.29) is 17.9 Å². The molecule has 0 saturated heterocycles. The first-order valence-electron chi connectivity index (χ1n) is 8.63. The summed E-state index contributed by atoms with van der Waals surface area (Å²) in [6.45, 7) is 5.36. The maximum atomic E-state index is 12.1. The predicted octanol–water partition coefficient (Wildman–Crippen LogP) is 3.18. The highest BCUT2D eigenvalue weighted by atomic mass is 16.5. The van der Waals surface area contributed by atoms with Crippen LogP contribution >= 0.6 is 0 Å². The van der Waals surface area contributed by atoms with Gasteiger partial charge < -0.3 is 9.47 Å². The Morgan fingerprint density at radius 3 is 2.38 bits per heavy atom. The summed E-state index contributed by atoms with van der Waals surface area (Å²) in [6.07, 6.45) is 6.05. The molecule has 0 bridgehead atoms. The number of hydrogen-bond donors (Lipinski definition) is 0. The lowest BCUT2D eigenvalue weighted by Gasteiger charge is -2.25. The largest absolute Gasteiger partial charge is 0.493 e. The number of fused-ring (bicyclic) bond motifs is 1. The van der Waals surface area contributed by atoms with E-state index in [4.69, 9.17) is 9.47 Å². The maximum absolute atomic E-state index is 12.1. The van der Waals surface area contributed by atoms with Gasteiger partial charge in [-0.05, 0) is 37.3 Å². The Labute approximate surface area is 142 Å². The molecule has 2 amide bonds. The quantitative estimate of drug-likeness (QED) is 0.721. The molecule has 2 aliphatic rings. The van der Waals surface area contributed by atoms with Crippen LogP contribution in [-0.2, 0) is 16.0 Å². The Balaban J connectivity index is 1.96. The Kier molecular flexibility index (Phi) is 4.88. The molecule has 0 saturated carbocycles. The minimum atomic E-state index is -0.248. The average molecular weight is 329 g/mol. The smallest absolute Gasteiger partial charge is 0.254 e. The Hall–Kier alpha value is -2.30. The molecule has 24 heavy (non-hydrogen) atoms. The van der Waals surface area contributed by atoms with E-state index < -0.39 is 0 Å². The minimum Gasteiger partial charge on any atom is -0.493 e. The molecule has 1 atom stereocenters. The molecule has 0 N–H and O–H groups in total. The molecule has 0 spiro atoms. The van der Waals surface area contributed by atoms with Crippen LogP contribution in [0.3, 0.4) is 0 Å². The highest BCUT2D eigenvalue weighted by Gasteiger charge is 2.38. The van der Waals surface area contributed by atoms with E-state index in [2.05, 4.69) is 6.92 Å². The zero-order valence-corrected chi connectivity index (χ0v) is 14.2. The third-order valence-electron chi connectivity index (χ3n) is 4.31. The van der Waals surface area contributed by atoms with Crippen LogP contribution in [0.5, 0.6) is 11.5 Å². The number of nitrogens with zero attached hydrogens (tertiary/aromatic N) is 1. The van der Waals surface area contributed by atoms with Gasteiger partial charge in [-0.1, -0.05) is 13.8 Å². The Morgan fingerprint density at radius 2 is 1.71 bits per heavy atom. The highest BCUT2D eigenvalue weighted by Crippen LogP contribution is 2.44. The number of benzene rings is 1. The summed E-state index contributed by atoms with van der Waals surface area (Å²) < 4.78 is 11.7. The SMILES string of the molecule is CCCOc1cc2c(c(OCCC)c1)[C@@H](N1C(=O)C=CC1=O)CC2. The lowest BCUT2D eigenvalue weighted by atomic mass is 10.0. The standard InChI is InChI=1S/C19H23NO4/c1-3-9-23-14-11-13-5-6-15(20-17(21)7-8-18(20)22)19(13)16(12-14)24-10-4-2/h7-8,11-12,15H,3-6,9-10H2,1-2H3/t15-/m0/s1. The fourth-order valence-corrected chi connectivity index (χ4v) is 3.29. The molecule has 0 radical (unpaired) electrons. The molecule has 128 valence electrons. The van der Waals surface area contributed by atoms with Gasteiger partial charge in [0.15, 0.2) is 0 Å². The van der Waals surface area contributed by atoms with Crippen LogP contribution in [0.25, 0.3) is 0 Å². The molecule has 1 aromatic carbocycles. The molecule has 1 heterocycles. The second kappa shape index (κ2) is 7.07. The number of carbonyl (C=O) groups excluding carboxylic acids is 2. The molecule has 3 rings (SSSR count). The van der Waals surface area contributed by atoms with Crippen molar-refractivity contribution >= 4 is 11.8 Å². The summed E-state index contributed by atoms with van der Waals surface area (Å²) in [5.74, 6) is 1.03. The van der Waals surface area contributed by atoms with Crippen LogP contribution in [0.4, 0.5) is 0 Å². The normalized spacial score (nSPS) is 19.1. The summed E-state index contributed by atoms with van der Waals surface area (Å²) in [7, 11) is 0. The predicted molar refractivity (Wildman–Crippen MR) is 90.1 cm³/mol. The fourth-order valence-electron chi connectivity index (χ4n) is 3.29. The summed E-state index contributed by atoms with van der Waals surface area (Å²) in [5.41, 5.74) is 2.06. The van der Waals surface area contributed by atoms with E-state index in [1.165, 1.54) is 17.1 Å². The van der Waals surface area contributed by atoms with Gasteiger partial charge in [0.25, 0.3) is 11.8 Å². The van der Waals surface area contributed by atoms with Crippen molar-refractivity contribution in [2.45, 2.75) is 45.6 Å². The van der Waals surface area contributed by atoms with Gasteiger partial charge in [0.05, 0.1) is 19.3 Å². The monoisotopic (exact) mass is 329 g/mol. The second-order valence-corrected chi connectivity index (χ2v) is 6.13. The van der Waals surface area contributed by atoms with E-state index >= 15 is 0 Å². The maximum Gasteiger partial charge on any atom is 0.254 e. The van der Waals surface area contributed by atoms with E-state index in [0.717, 1.165) is 48.3 Å². The zero-order chi connectivity index (χ0) is 17.1. The molecular weight excluding hydrogens is 306 g/mol. The van der Waals surface area contributed by atoms with E-state index in [0.29, 0.717) is 13.2 Å². The van der Waals surface area contributed by atoms with Crippen molar-refractivity contribution in [3.63, 3.8) is 0 Å². The van der Waals surface area contributed by atoms with Crippen molar-refractivity contribution in [2.75, 3.05) is 13.2 Å². The van der Waals surface area contributed by atoms with E-state index in [1.807, 2.05) is 19.1 Å². The van der Waals surface area contributed by atoms with Crippen molar-refractivity contribution in [2.24, 2.45) is 0 Å². The van der Waals surface area contributed by atoms with Gasteiger partial charge >= 0.3 is 0 Å². The minimum absolute atomic E-state index is 0.245. The van der Waals surface area contributed by atoms with Crippen LogP contribution in [0.1, 0.15) is 50.3 Å². The van der Waals surface area contributed by atoms with Crippen LogP contribution in [0.15, 0.2) is 24.3 Å². The number of hydrogen-bond acceptors (Lipinski definition) is 4. The molecular formula is C19H23NO4. The van der Waals surface area contributed by atoms with Crippen molar-refractivity contribution in [1.29, 1.82) is 0 Å². The number of amides is 2. The molecule has 1 aliphatic carbocycles. The highest BCUT2D eigenvalue weighted by molar-refractivity contribution is 6.13. The summed E-state index contributed by atoms with van der Waals surface area (Å²) in [6, 6.07) is 3.66. The lowest BCUT2D eigenvalue weighted by Crippen LogP contribution is -2.33.